The zero-order chi connectivity index (χ0) is 21.0. The Bertz CT molecular complexity index is 1060. The van der Waals surface area contributed by atoms with Crippen LogP contribution in [0, 0.1) is 0 Å². The molecule has 0 unspecified atom stereocenters. The SMILES string of the molecule is O=C(Nc1ccc(N2CCCS2(=O)=O)cc1)NC(c1ccccc1)c1ccccc1. The zero-order valence-electron chi connectivity index (χ0n) is 16.4. The first-order valence-corrected chi connectivity index (χ1v) is 11.4. The molecule has 0 saturated carbocycles. The Morgan fingerprint density at radius 1 is 0.833 bits per heavy atom. The Balaban J connectivity index is 1.47. The third-order valence-electron chi connectivity index (χ3n) is 5.05. The van der Waals surface area contributed by atoms with Gasteiger partial charge in [0, 0.05) is 12.2 Å². The molecule has 154 valence electrons. The molecule has 7 heteroatoms. The maximum Gasteiger partial charge on any atom is 0.319 e. The van der Waals surface area contributed by atoms with Gasteiger partial charge in [0.15, 0.2) is 0 Å². The number of benzene rings is 3. The van der Waals surface area contributed by atoms with Crippen LogP contribution >= 0.6 is 0 Å². The molecule has 0 spiro atoms. The lowest BCUT2D eigenvalue weighted by Crippen LogP contribution is -2.33. The van der Waals surface area contributed by atoms with E-state index in [1.165, 1.54) is 4.31 Å². The van der Waals surface area contributed by atoms with Crippen LogP contribution in [0.1, 0.15) is 23.6 Å². The second-order valence-corrected chi connectivity index (χ2v) is 9.15. The van der Waals surface area contributed by atoms with Crippen molar-refractivity contribution >= 4 is 27.4 Å². The number of nitrogens with zero attached hydrogens (tertiary/aromatic N) is 1. The van der Waals surface area contributed by atoms with Gasteiger partial charge in [-0.25, -0.2) is 13.2 Å². The van der Waals surface area contributed by atoms with Gasteiger partial charge in [0.05, 0.1) is 17.5 Å². The number of urea groups is 1. The van der Waals surface area contributed by atoms with E-state index in [0.717, 1.165) is 11.1 Å². The molecule has 3 aromatic carbocycles. The number of rotatable bonds is 5. The quantitative estimate of drug-likeness (QED) is 0.650. The van der Waals surface area contributed by atoms with Crippen LogP contribution in [0.4, 0.5) is 16.2 Å². The highest BCUT2D eigenvalue weighted by molar-refractivity contribution is 7.93. The predicted octanol–water partition coefficient (Wildman–Crippen LogP) is 4.14. The van der Waals surface area contributed by atoms with Crippen LogP contribution in [0.2, 0.25) is 0 Å². The minimum absolute atomic E-state index is 0.176. The van der Waals surface area contributed by atoms with Gasteiger partial charge in [-0.2, -0.15) is 0 Å². The summed E-state index contributed by atoms with van der Waals surface area (Å²) in [5.74, 6) is 0.176. The molecule has 1 heterocycles. The number of sulfonamides is 1. The Labute approximate surface area is 176 Å². The summed E-state index contributed by atoms with van der Waals surface area (Å²) < 4.78 is 25.5. The van der Waals surface area contributed by atoms with E-state index >= 15 is 0 Å². The van der Waals surface area contributed by atoms with E-state index in [1.807, 2.05) is 60.7 Å². The van der Waals surface area contributed by atoms with Crippen LogP contribution in [-0.2, 0) is 10.0 Å². The maximum absolute atomic E-state index is 12.7. The topological polar surface area (TPSA) is 78.5 Å². The number of hydrogen-bond acceptors (Lipinski definition) is 3. The summed E-state index contributed by atoms with van der Waals surface area (Å²) in [6, 6.07) is 25.8. The second-order valence-electron chi connectivity index (χ2n) is 7.14. The molecule has 2 amide bonds. The highest BCUT2D eigenvalue weighted by Crippen LogP contribution is 2.26. The lowest BCUT2D eigenvalue weighted by Gasteiger charge is -2.21. The summed E-state index contributed by atoms with van der Waals surface area (Å²) >= 11 is 0. The van der Waals surface area contributed by atoms with Crippen LogP contribution in [-0.4, -0.2) is 26.7 Å². The Morgan fingerprint density at radius 3 is 1.90 bits per heavy atom. The molecule has 1 aliphatic rings. The number of nitrogens with one attached hydrogen (secondary N) is 2. The van der Waals surface area contributed by atoms with E-state index in [1.54, 1.807) is 24.3 Å². The van der Waals surface area contributed by atoms with E-state index in [-0.39, 0.29) is 17.8 Å². The summed E-state index contributed by atoms with van der Waals surface area (Å²) in [6.45, 7) is 0.491. The predicted molar refractivity (Wildman–Crippen MR) is 119 cm³/mol. The molecule has 0 radical (unpaired) electrons. The zero-order valence-corrected chi connectivity index (χ0v) is 17.2. The van der Waals surface area contributed by atoms with Crippen molar-refractivity contribution in [3.05, 3.63) is 96.1 Å². The molecule has 4 rings (SSSR count). The second kappa shape index (κ2) is 8.59. The summed E-state index contributed by atoms with van der Waals surface area (Å²) in [5.41, 5.74) is 3.17. The van der Waals surface area contributed by atoms with E-state index in [2.05, 4.69) is 10.6 Å². The third kappa shape index (κ3) is 4.46. The molecule has 30 heavy (non-hydrogen) atoms. The van der Waals surface area contributed by atoms with Crippen molar-refractivity contribution in [2.45, 2.75) is 12.5 Å². The average molecular weight is 422 g/mol. The van der Waals surface area contributed by atoms with Crippen LogP contribution in [0.15, 0.2) is 84.9 Å². The molecule has 1 aliphatic heterocycles. The molecule has 0 atom stereocenters. The highest BCUT2D eigenvalue weighted by atomic mass is 32.2. The van der Waals surface area contributed by atoms with Gasteiger partial charge < -0.3 is 10.6 Å². The molecule has 6 nitrogen and oxygen atoms in total. The molecule has 1 fully saturated rings. The number of carbonyl (C=O) groups excluding carboxylic acids is 1. The van der Waals surface area contributed by atoms with E-state index < -0.39 is 10.0 Å². The first kappa shape index (κ1) is 20.0. The Kier molecular flexibility index (Phi) is 5.72. The Morgan fingerprint density at radius 2 is 1.40 bits per heavy atom. The summed E-state index contributed by atoms with van der Waals surface area (Å²) in [7, 11) is -3.22. The van der Waals surface area contributed by atoms with Gasteiger partial charge in [-0.3, -0.25) is 4.31 Å². The fourth-order valence-electron chi connectivity index (χ4n) is 3.59. The molecular weight excluding hydrogens is 398 g/mol. The van der Waals surface area contributed by atoms with Gasteiger partial charge in [-0.1, -0.05) is 60.7 Å². The number of amides is 2. The molecule has 0 bridgehead atoms. The first-order valence-electron chi connectivity index (χ1n) is 9.81. The normalized spacial score (nSPS) is 15.2. The smallest absolute Gasteiger partial charge is 0.319 e. The minimum Gasteiger partial charge on any atom is -0.327 e. The van der Waals surface area contributed by atoms with Gasteiger partial charge in [-0.15, -0.1) is 0 Å². The van der Waals surface area contributed by atoms with Crippen LogP contribution < -0.4 is 14.9 Å². The molecular formula is C23H23N3O3S. The van der Waals surface area contributed by atoms with Gasteiger partial charge in [0.2, 0.25) is 10.0 Å². The standard InChI is InChI=1S/C23H23N3O3S/c27-23(24-20-12-14-21(15-13-20)26-16-7-17-30(26,28)29)25-22(18-8-3-1-4-9-18)19-10-5-2-6-11-19/h1-6,8-15,22H,7,16-17H2,(H2,24,25,27). The van der Waals surface area contributed by atoms with Crippen molar-refractivity contribution in [3.8, 4) is 0 Å². The monoisotopic (exact) mass is 421 g/mol. The largest absolute Gasteiger partial charge is 0.327 e. The lowest BCUT2D eigenvalue weighted by atomic mass is 9.99. The van der Waals surface area contributed by atoms with Crippen molar-refractivity contribution in [1.82, 2.24) is 5.32 Å². The molecule has 0 aliphatic carbocycles. The first-order chi connectivity index (χ1) is 14.5. The lowest BCUT2D eigenvalue weighted by molar-refractivity contribution is 0.250. The molecule has 3 aromatic rings. The minimum atomic E-state index is -3.22. The number of anilines is 2. The molecule has 2 N–H and O–H groups in total. The summed E-state index contributed by atoms with van der Waals surface area (Å²) in [6.07, 6.45) is 0.630. The van der Waals surface area contributed by atoms with Gasteiger partial charge in [0.25, 0.3) is 0 Å². The van der Waals surface area contributed by atoms with Crippen molar-refractivity contribution in [3.63, 3.8) is 0 Å². The Hall–Kier alpha value is -3.32. The van der Waals surface area contributed by atoms with Crippen molar-refractivity contribution < 1.29 is 13.2 Å². The maximum atomic E-state index is 12.7. The van der Waals surface area contributed by atoms with Gasteiger partial charge in [-0.05, 0) is 41.8 Å². The van der Waals surface area contributed by atoms with Crippen LogP contribution in [0.3, 0.4) is 0 Å². The molecule has 1 saturated heterocycles. The van der Waals surface area contributed by atoms with Crippen molar-refractivity contribution in [1.29, 1.82) is 0 Å². The average Bonchev–Trinajstić information content (AvgIpc) is 3.13. The number of carbonyl (C=O) groups is 1. The fraction of sp³-hybridized carbons (Fsp3) is 0.174. The van der Waals surface area contributed by atoms with E-state index in [0.29, 0.717) is 24.3 Å². The van der Waals surface area contributed by atoms with Crippen molar-refractivity contribution in [2.75, 3.05) is 21.9 Å². The third-order valence-corrected chi connectivity index (χ3v) is 6.92. The summed E-state index contributed by atoms with van der Waals surface area (Å²) in [5, 5.41) is 5.86. The van der Waals surface area contributed by atoms with E-state index in [9.17, 15) is 13.2 Å². The summed E-state index contributed by atoms with van der Waals surface area (Å²) in [4.78, 5) is 12.7. The fourth-order valence-corrected chi connectivity index (χ4v) is 5.15. The van der Waals surface area contributed by atoms with Crippen LogP contribution in [0.5, 0.6) is 0 Å². The highest BCUT2D eigenvalue weighted by Gasteiger charge is 2.28. The van der Waals surface area contributed by atoms with Gasteiger partial charge in [0.1, 0.15) is 0 Å². The molecule has 0 aromatic heterocycles. The van der Waals surface area contributed by atoms with Gasteiger partial charge >= 0.3 is 6.03 Å². The van der Waals surface area contributed by atoms with Crippen molar-refractivity contribution in [2.24, 2.45) is 0 Å². The van der Waals surface area contributed by atoms with E-state index in [4.69, 9.17) is 0 Å². The number of hydrogen-bond donors (Lipinski definition) is 2. The van der Waals surface area contributed by atoms with Crippen LogP contribution in [0.25, 0.3) is 0 Å².